The molecule has 62 valence electrons. The number of hydrazine groups is 1. The lowest BCUT2D eigenvalue weighted by Gasteiger charge is -2.02. The first-order valence-corrected chi connectivity index (χ1v) is 2.87. The van der Waals surface area contributed by atoms with Crippen LogP contribution in [0.4, 0.5) is 0 Å². The SMILES string of the molecule is C=C(/C=N\N(C)N)C(=O)OC. The Morgan fingerprint density at radius 3 is 2.73 bits per heavy atom. The summed E-state index contributed by atoms with van der Waals surface area (Å²) in [5.41, 5.74) is 0.157. The number of rotatable bonds is 3. The summed E-state index contributed by atoms with van der Waals surface area (Å²) in [7, 11) is 2.80. The molecule has 0 fully saturated rings. The monoisotopic (exact) mass is 157 g/mol. The summed E-state index contributed by atoms with van der Waals surface area (Å²) in [6.07, 6.45) is 1.23. The molecule has 0 aromatic heterocycles. The van der Waals surface area contributed by atoms with Crippen LogP contribution in [-0.4, -0.2) is 31.5 Å². The van der Waals surface area contributed by atoms with Crippen LogP contribution in [0.25, 0.3) is 0 Å². The molecule has 0 bridgehead atoms. The molecule has 0 unspecified atom stereocenters. The molecule has 0 aromatic rings. The van der Waals surface area contributed by atoms with E-state index < -0.39 is 5.97 Å². The van der Waals surface area contributed by atoms with Gasteiger partial charge in [0.15, 0.2) is 0 Å². The number of carbonyl (C=O) groups excluding carboxylic acids is 1. The van der Waals surface area contributed by atoms with Gasteiger partial charge in [-0.2, -0.15) is 5.10 Å². The van der Waals surface area contributed by atoms with Gasteiger partial charge in [-0.25, -0.2) is 15.8 Å². The minimum atomic E-state index is -0.518. The third-order valence-electron chi connectivity index (χ3n) is 0.843. The number of hydrogen-bond donors (Lipinski definition) is 1. The van der Waals surface area contributed by atoms with Crippen LogP contribution in [0.2, 0.25) is 0 Å². The largest absolute Gasteiger partial charge is 0.465 e. The van der Waals surface area contributed by atoms with Crippen molar-refractivity contribution in [1.29, 1.82) is 0 Å². The first kappa shape index (κ1) is 9.64. The summed E-state index contributed by atoms with van der Waals surface area (Å²) < 4.78 is 4.36. The molecule has 0 aliphatic carbocycles. The van der Waals surface area contributed by atoms with Gasteiger partial charge in [-0.1, -0.05) is 6.58 Å². The molecule has 2 N–H and O–H groups in total. The van der Waals surface area contributed by atoms with Gasteiger partial charge in [-0.15, -0.1) is 0 Å². The minimum absolute atomic E-state index is 0.157. The second kappa shape index (κ2) is 4.45. The van der Waals surface area contributed by atoms with Crippen molar-refractivity contribution in [3.05, 3.63) is 12.2 Å². The molecule has 0 rings (SSSR count). The van der Waals surface area contributed by atoms with E-state index in [9.17, 15) is 4.79 Å². The second-order valence-electron chi connectivity index (χ2n) is 1.84. The van der Waals surface area contributed by atoms with Crippen LogP contribution >= 0.6 is 0 Å². The van der Waals surface area contributed by atoms with Gasteiger partial charge in [0.05, 0.1) is 18.9 Å². The van der Waals surface area contributed by atoms with Crippen molar-refractivity contribution < 1.29 is 9.53 Å². The van der Waals surface area contributed by atoms with Crippen LogP contribution in [0.3, 0.4) is 0 Å². The highest BCUT2D eigenvalue weighted by Gasteiger charge is 2.01. The molecule has 5 nitrogen and oxygen atoms in total. The molecule has 0 amide bonds. The maximum Gasteiger partial charge on any atom is 0.338 e. The molecule has 0 aromatic carbocycles. The van der Waals surface area contributed by atoms with Crippen LogP contribution in [0, 0.1) is 0 Å². The molecule has 0 atom stereocenters. The van der Waals surface area contributed by atoms with Crippen LogP contribution < -0.4 is 5.84 Å². The summed E-state index contributed by atoms with van der Waals surface area (Å²) in [5, 5.41) is 4.64. The van der Waals surface area contributed by atoms with Crippen LogP contribution in [0.1, 0.15) is 0 Å². The molecule has 0 radical (unpaired) electrons. The van der Waals surface area contributed by atoms with Crippen molar-refractivity contribution in [2.75, 3.05) is 14.2 Å². The number of hydrogen-bond acceptors (Lipinski definition) is 5. The predicted octanol–water partition coefficient (Wildman–Crippen LogP) is -0.493. The van der Waals surface area contributed by atoms with E-state index in [-0.39, 0.29) is 5.57 Å². The van der Waals surface area contributed by atoms with E-state index in [2.05, 4.69) is 16.4 Å². The van der Waals surface area contributed by atoms with E-state index in [1.54, 1.807) is 0 Å². The maximum atomic E-state index is 10.7. The van der Waals surface area contributed by atoms with Crippen molar-refractivity contribution in [3.8, 4) is 0 Å². The Morgan fingerprint density at radius 1 is 1.82 bits per heavy atom. The van der Waals surface area contributed by atoms with Crippen molar-refractivity contribution in [1.82, 2.24) is 5.12 Å². The Bertz CT molecular complexity index is 186. The maximum absolute atomic E-state index is 10.7. The minimum Gasteiger partial charge on any atom is -0.465 e. The third-order valence-corrected chi connectivity index (χ3v) is 0.843. The molecule has 0 aliphatic rings. The third kappa shape index (κ3) is 4.10. The number of ether oxygens (including phenoxy) is 1. The van der Waals surface area contributed by atoms with Gasteiger partial charge in [0, 0.05) is 7.05 Å². The zero-order valence-electron chi connectivity index (χ0n) is 6.57. The van der Waals surface area contributed by atoms with Crippen LogP contribution in [-0.2, 0) is 9.53 Å². The lowest BCUT2D eigenvalue weighted by molar-refractivity contribution is -0.135. The fraction of sp³-hybridized carbons (Fsp3) is 0.333. The van der Waals surface area contributed by atoms with E-state index in [0.29, 0.717) is 0 Å². The molecular weight excluding hydrogens is 146 g/mol. The highest BCUT2D eigenvalue weighted by Crippen LogP contribution is 1.88. The van der Waals surface area contributed by atoms with Gasteiger partial charge in [0.1, 0.15) is 0 Å². The van der Waals surface area contributed by atoms with E-state index in [1.165, 1.54) is 20.4 Å². The average molecular weight is 157 g/mol. The van der Waals surface area contributed by atoms with E-state index >= 15 is 0 Å². The smallest absolute Gasteiger partial charge is 0.338 e. The fourth-order valence-electron chi connectivity index (χ4n) is 0.345. The van der Waals surface area contributed by atoms with Crippen molar-refractivity contribution in [3.63, 3.8) is 0 Å². The Morgan fingerprint density at radius 2 is 2.36 bits per heavy atom. The number of nitrogens with zero attached hydrogens (tertiary/aromatic N) is 2. The number of hydrazone groups is 1. The summed E-state index contributed by atoms with van der Waals surface area (Å²) in [6, 6.07) is 0. The molecule has 0 heterocycles. The van der Waals surface area contributed by atoms with E-state index in [0.717, 1.165) is 5.12 Å². The Kier molecular flexibility index (Phi) is 3.90. The number of nitrogens with two attached hydrogens (primary N) is 1. The molecule has 0 spiro atoms. The first-order chi connectivity index (χ1) is 5.07. The first-order valence-electron chi connectivity index (χ1n) is 2.87. The Balaban J connectivity index is 3.97. The van der Waals surface area contributed by atoms with Gasteiger partial charge >= 0.3 is 5.97 Å². The van der Waals surface area contributed by atoms with Gasteiger partial charge in [-0.3, -0.25) is 0 Å². The lowest BCUT2D eigenvalue weighted by Crippen LogP contribution is -2.19. The van der Waals surface area contributed by atoms with Crippen molar-refractivity contribution >= 4 is 12.2 Å². The fourth-order valence-corrected chi connectivity index (χ4v) is 0.345. The zero-order chi connectivity index (χ0) is 8.85. The highest BCUT2D eigenvalue weighted by atomic mass is 16.5. The number of methoxy groups -OCH3 is 1. The lowest BCUT2D eigenvalue weighted by atomic mass is 10.3. The normalized spacial score (nSPS) is 9.73. The molecule has 0 aliphatic heterocycles. The summed E-state index contributed by atoms with van der Waals surface area (Å²) in [6.45, 7) is 3.39. The highest BCUT2D eigenvalue weighted by molar-refractivity contribution is 6.08. The standard InChI is InChI=1S/C6H11N3O2/c1-5(6(10)11-3)4-8-9(2)7/h4H,1,7H2,2-3H3/b8-4-. The van der Waals surface area contributed by atoms with Gasteiger partial charge < -0.3 is 4.74 Å². The Labute approximate surface area is 65.1 Å². The zero-order valence-corrected chi connectivity index (χ0v) is 6.57. The summed E-state index contributed by atoms with van der Waals surface area (Å²) >= 11 is 0. The molecule has 0 saturated carbocycles. The predicted molar refractivity (Wildman–Crippen MR) is 41.6 cm³/mol. The van der Waals surface area contributed by atoms with Crippen molar-refractivity contribution in [2.45, 2.75) is 0 Å². The molecule has 0 saturated heterocycles. The van der Waals surface area contributed by atoms with E-state index in [1.807, 2.05) is 0 Å². The van der Waals surface area contributed by atoms with Gasteiger partial charge in [0.25, 0.3) is 0 Å². The van der Waals surface area contributed by atoms with E-state index in [4.69, 9.17) is 5.84 Å². The summed E-state index contributed by atoms with van der Waals surface area (Å²) in [4.78, 5) is 10.7. The molecular formula is C6H11N3O2. The van der Waals surface area contributed by atoms with Crippen LogP contribution in [0.15, 0.2) is 17.3 Å². The average Bonchev–Trinajstić information content (AvgIpc) is 1.98. The summed E-state index contributed by atoms with van der Waals surface area (Å²) in [5.74, 6) is 4.61. The van der Waals surface area contributed by atoms with Crippen LogP contribution in [0.5, 0.6) is 0 Å². The molecule has 11 heavy (non-hydrogen) atoms. The molecule has 5 heteroatoms. The number of esters is 1. The topological polar surface area (TPSA) is 67.9 Å². The number of carbonyl (C=O) groups is 1. The van der Waals surface area contributed by atoms with Gasteiger partial charge in [0.2, 0.25) is 0 Å². The Hall–Kier alpha value is -1.36. The van der Waals surface area contributed by atoms with Crippen molar-refractivity contribution in [2.24, 2.45) is 10.9 Å². The quantitative estimate of drug-likeness (QED) is 0.197. The second-order valence-corrected chi connectivity index (χ2v) is 1.84. The van der Waals surface area contributed by atoms with Gasteiger partial charge in [-0.05, 0) is 0 Å².